The van der Waals surface area contributed by atoms with Crippen LogP contribution < -0.4 is 19.5 Å². The Morgan fingerprint density at radius 1 is 1.12 bits per heavy atom. The molecule has 6 nitrogen and oxygen atoms in total. The van der Waals surface area contributed by atoms with Gasteiger partial charge in [-0.25, -0.2) is 0 Å². The fraction of sp³-hybridized carbons (Fsp3) is 0.370. The van der Waals surface area contributed by atoms with E-state index in [1.165, 1.54) is 28.6 Å². The van der Waals surface area contributed by atoms with E-state index in [1.807, 2.05) is 25.1 Å². The van der Waals surface area contributed by atoms with E-state index in [-0.39, 0.29) is 6.10 Å². The van der Waals surface area contributed by atoms with E-state index in [9.17, 15) is 0 Å². The van der Waals surface area contributed by atoms with Crippen LogP contribution in [0.5, 0.6) is 17.2 Å². The molecule has 0 bridgehead atoms. The Morgan fingerprint density at radius 2 is 2.03 bits per heavy atom. The molecule has 6 rings (SSSR count). The number of fused-ring (bicyclic) bond motifs is 6. The maximum Gasteiger partial charge on any atom is 0.171 e. The summed E-state index contributed by atoms with van der Waals surface area (Å²) in [6.07, 6.45) is 3.36. The first-order chi connectivity index (χ1) is 16.2. The summed E-state index contributed by atoms with van der Waals surface area (Å²) >= 11 is 0. The highest BCUT2D eigenvalue weighted by molar-refractivity contribution is 5.88. The number of hydrogen-bond donors (Lipinski definition) is 2. The van der Waals surface area contributed by atoms with E-state index in [0.29, 0.717) is 12.5 Å². The van der Waals surface area contributed by atoms with Crippen molar-refractivity contribution in [3.05, 3.63) is 59.4 Å². The molecule has 1 aliphatic carbocycles. The third-order valence-corrected chi connectivity index (χ3v) is 6.94. The summed E-state index contributed by atoms with van der Waals surface area (Å²) in [4.78, 5) is 8.22. The Balaban J connectivity index is 1.10. The predicted molar refractivity (Wildman–Crippen MR) is 130 cm³/mol. The molecule has 0 fully saturated rings. The Kier molecular flexibility index (Phi) is 5.10. The fourth-order valence-electron chi connectivity index (χ4n) is 5.20. The quantitative estimate of drug-likeness (QED) is 0.473. The highest BCUT2D eigenvalue weighted by Gasteiger charge is 2.25. The summed E-state index contributed by atoms with van der Waals surface area (Å²) in [5, 5.41) is 5.99. The van der Waals surface area contributed by atoms with Crippen LogP contribution in [-0.4, -0.2) is 42.9 Å². The molecule has 3 heterocycles. The largest absolute Gasteiger partial charge is 0.497 e. The first-order valence-corrected chi connectivity index (χ1v) is 11.8. The molecule has 2 aliphatic rings. The van der Waals surface area contributed by atoms with Crippen molar-refractivity contribution < 1.29 is 14.2 Å². The number of hydrogen-bond acceptors (Lipinski definition) is 5. The van der Waals surface area contributed by atoms with Gasteiger partial charge >= 0.3 is 0 Å². The lowest BCUT2D eigenvalue weighted by Crippen LogP contribution is -2.40. The van der Waals surface area contributed by atoms with Crippen LogP contribution in [0.3, 0.4) is 0 Å². The molecule has 2 aromatic carbocycles. The van der Waals surface area contributed by atoms with Crippen LogP contribution in [-0.2, 0) is 12.8 Å². The van der Waals surface area contributed by atoms with Crippen molar-refractivity contribution in [3.63, 3.8) is 0 Å². The topological polar surface area (TPSA) is 68.4 Å². The number of H-pyrrole nitrogens is 1. The number of aromatic nitrogens is 2. The standard InChI is InChI=1S/C27H29N3O3/c1-16-3-6-21-23(29-16)9-10-26-27(21)33-19(15-32-26)14-28-13-17-4-8-24-22(11-17)20-7-5-18(31-2)12-25(20)30-24/h3,5-7,9-10,12,17,19,28,30H,4,8,11,13-15H2,1-2H3/t17-,19+/m1/s1. The smallest absolute Gasteiger partial charge is 0.171 e. The average Bonchev–Trinajstić information content (AvgIpc) is 3.20. The predicted octanol–water partition coefficient (Wildman–Crippen LogP) is 4.57. The van der Waals surface area contributed by atoms with Gasteiger partial charge in [-0.3, -0.25) is 4.98 Å². The first kappa shape index (κ1) is 20.4. The summed E-state index contributed by atoms with van der Waals surface area (Å²) in [7, 11) is 1.71. The Hall–Kier alpha value is -3.25. The summed E-state index contributed by atoms with van der Waals surface area (Å²) in [6.45, 7) is 4.31. The van der Waals surface area contributed by atoms with Crippen LogP contribution in [0, 0.1) is 12.8 Å². The van der Waals surface area contributed by atoms with Gasteiger partial charge in [0.2, 0.25) is 0 Å². The van der Waals surface area contributed by atoms with Crippen molar-refractivity contribution in [2.75, 3.05) is 26.8 Å². The van der Waals surface area contributed by atoms with Crippen LogP contribution >= 0.6 is 0 Å². The highest BCUT2D eigenvalue weighted by Crippen LogP contribution is 2.38. The van der Waals surface area contributed by atoms with E-state index >= 15 is 0 Å². The molecule has 33 heavy (non-hydrogen) atoms. The van der Waals surface area contributed by atoms with Crippen LogP contribution in [0.2, 0.25) is 0 Å². The van der Waals surface area contributed by atoms with Crippen molar-refractivity contribution in [2.45, 2.75) is 32.3 Å². The molecule has 0 amide bonds. The van der Waals surface area contributed by atoms with Gasteiger partial charge < -0.3 is 24.5 Å². The van der Waals surface area contributed by atoms with Gasteiger partial charge in [0.25, 0.3) is 0 Å². The maximum absolute atomic E-state index is 6.35. The molecule has 0 radical (unpaired) electrons. The van der Waals surface area contributed by atoms with E-state index < -0.39 is 0 Å². The fourth-order valence-corrected chi connectivity index (χ4v) is 5.20. The summed E-state index contributed by atoms with van der Waals surface area (Å²) in [5.74, 6) is 3.13. The number of nitrogens with one attached hydrogen (secondary N) is 2. The van der Waals surface area contributed by atoms with E-state index in [2.05, 4.69) is 39.6 Å². The van der Waals surface area contributed by atoms with Gasteiger partial charge in [0, 0.05) is 40.3 Å². The minimum atomic E-state index is -0.0101. The van der Waals surface area contributed by atoms with E-state index in [0.717, 1.165) is 59.8 Å². The van der Waals surface area contributed by atoms with Crippen LogP contribution in [0.25, 0.3) is 21.8 Å². The van der Waals surface area contributed by atoms with E-state index in [1.54, 1.807) is 7.11 Å². The first-order valence-electron chi connectivity index (χ1n) is 11.8. The second-order valence-corrected chi connectivity index (χ2v) is 9.22. The van der Waals surface area contributed by atoms with Crippen molar-refractivity contribution in [3.8, 4) is 17.2 Å². The molecule has 0 spiro atoms. The van der Waals surface area contributed by atoms with Gasteiger partial charge in [-0.05, 0) is 80.6 Å². The van der Waals surface area contributed by atoms with Crippen molar-refractivity contribution in [1.82, 2.24) is 15.3 Å². The molecule has 0 saturated carbocycles. The lowest BCUT2D eigenvalue weighted by Gasteiger charge is -2.29. The van der Waals surface area contributed by atoms with Crippen molar-refractivity contribution >= 4 is 21.8 Å². The lowest BCUT2D eigenvalue weighted by atomic mass is 9.86. The summed E-state index contributed by atoms with van der Waals surface area (Å²) in [5.41, 5.74) is 5.97. The Bertz CT molecular complexity index is 1330. The van der Waals surface area contributed by atoms with Gasteiger partial charge in [-0.15, -0.1) is 0 Å². The molecule has 2 atom stereocenters. The van der Waals surface area contributed by atoms with Crippen molar-refractivity contribution in [1.29, 1.82) is 0 Å². The molecular formula is C27H29N3O3. The van der Waals surface area contributed by atoms with Crippen molar-refractivity contribution in [2.24, 2.45) is 5.92 Å². The van der Waals surface area contributed by atoms with Gasteiger partial charge in [-0.1, -0.05) is 0 Å². The minimum absolute atomic E-state index is 0.0101. The molecule has 6 heteroatoms. The molecule has 2 N–H and O–H groups in total. The van der Waals surface area contributed by atoms with Gasteiger partial charge in [0.1, 0.15) is 18.5 Å². The zero-order valence-corrected chi connectivity index (χ0v) is 19.1. The summed E-state index contributed by atoms with van der Waals surface area (Å²) < 4.78 is 17.7. The second kappa shape index (κ2) is 8.27. The third-order valence-electron chi connectivity index (χ3n) is 6.94. The normalized spacial score (nSPS) is 19.6. The molecule has 2 aromatic heterocycles. The van der Waals surface area contributed by atoms with Crippen LogP contribution in [0.15, 0.2) is 42.5 Å². The molecule has 1 aliphatic heterocycles. The number of nitrogens with zero attached hydrogens (tertiary/aromatic N) is 1. The lowest BCUT2D eigenvalue weighted by molar-refractivity contribution is 0.0915. The number of aryl methyl sites for hydroxylation is 2. The highest BCUT2D eigenvalue weighted by atomic mass is 16.6. The maximum atomic E-state index is 6.35. The number of rotatable bonds is 5. The number of aromatic amines is 1. The zero-order valence-electron chi connectivity index (χ0n) is 19.1. The Labute approximate surface area is 193 Å². The van der Waals surface area contributed by atoms with Crippen LogP contribution in [0.4, 0.5) is 0 Å². The van der Waals surface area contributed by atoms with E-state index in [4.69, 9.17) is 14.2 Å². The van der Waals surface area contributed by atoms with Gasteiger partial charge in [0.15, 0.2) is 11.5 Å². The van der Waals surface area contributed by atoms with Gasteiger partial charge in [0.05, 0.1) is 12.6 Å². The number of ether oxygens (including phenoxy) is 3. The number of benzene rings is 2. The monoisotopic (exact) mass is 443 g/mol. The number of pyridine rings is 1. The molecule has 170 valence electrons. The zero-order chi connectivity index (χ0) is 22.4. The minimum Gasteiger partial charge on any atom is -0.497 e. The van der Waals surface area contributed by atoms with Gasteiger partial charge in [-0.2, -0.15) is 0 Å². The molecule has 0 unspecified atom stereocenters. The molecule has 4 aromatic rings. The average molecular weight is 444 g/mol. The number of methoxy groups -OCH3 is 1. The Morgan fingerprint density at radius 3 is 2.94 bits per heavy atom. The SMILES string of the molecule is COc1ccc2c3c([nH]c2c1)CC[C@@H](CNC[C@H]1COc2ccc4nc(C)ccc4c2O1)C3. The summed E-state index contributed by atoms with van der Waals surface area (Å²) in [6, 6.07) is 14.4. The molecule has 0 saturated heterocycles. The third kappa shape index (κ3) is 3.78. The van der Waals surface area contributed by atoms with Crippen LogP contribution in [0.1, 0.15) is 23.4 Å². The molecular weight excluding hydrogens is 414 g/mol. The second-order valence-electron chi connectivity index (χ2n) is 9.22.